The first-order valence-electron chi connectivity index (χ1n) is 9.22. The Balaban J connectivity index is 1.35. The van der Waals surface area contributed by atoms with Crippen molar-refractivity contribution in [2.24, 2.45) is 5.92 Å². The van der Waals surface area contributed by atoms with Crippen LogP contribution in [0.1, 0.15) is 37.8 Å². The summed E-state index contributed by atoms with van der Waals surface area (Å²) in [5.41, 5.74) is 1.95. The fourth-order valence-corrected chi connectivity index (χ4v) is 3.90. The predicted molar refractivity (Wildman–Crippen MR) is 98.5 cm³/mol. The van der Waals surface area contributed by atoms with Crippen LogP contribution in [0.3, 0.4) is 0 Å². The monoisotopic (exact) mass is 336 g/mol. The molecule has 0 bridgehead atoms. The lowest BCUT2D eigenvalue weighted by atomic mass is 10.0. The summed E-state index contributed by atoms with van der Waals surface area (Å²) in [5, 5.41) is 12.1. The van der Waals surface area contributed by atoms with Crippen LogP contribution in [0.2, 0.25) is 0 Å². The number of amides is 1. The number of benzene rings is 1. The van der Waals surface area contributed by atoms with Gasteiger partial charge in [-0.15, -0.1) is 5.10 Å². The van der Waals surface area contributed by atoms with Crippen LogP contribution in [-0.2, 0) is 11.2 Å². The second kappa shape index (κ2) is 7.21. The second-order valence-electron chi connectivity index (χ2n) is 7.15. The van der Waals surface area contributed by atoms with E-state index in [4.69, 9.17) is 0 Å². The van der Waals surface area contributed by atoms with E-state index in [0.717, 1.165) is 30.2 Å². The third kappa shape index (κ3) is 3.81. The average molecular weight is 336 g/mol. The van der Waals surface area contributed by atoms with Crippen LogP contribution in [0, 0.1) is 5.92 Å². The van der Waals surface area contributed by atoms with Crippen LogP contribution >= 0.6 is 0 Å². The van der Waals surface area contributed by atoms with Gasteiger partial charge in [-0.05, 0) is 49.4 Å². The number of nitrogens with one attached hydrogen (secondary N) is 1. The molecule has 1 atom stereocenters. The molecule has 4 rings (SSSR count). The summed E-state index contributed by atoms with van der Waals surface area (Å²) < 4.78 is 0. The van der Waals surface area contributed by atoms with Crippen molar-refractivity contribution in [1.82, 2.24) is 10.2 Å². The maximum atomic E-state index is 12.3. The van der Waals surface area contributed by atoms with E-state index in [9.17, 15) is 4.79 Å². The Morgan fingerprint density at radius 1 is 1.04 bits per heavy atom. The van der Waals surface area contributed by atoms with Gasteiger partial charge in [-0.25, -0.2) is 0 Å². The highest BCUT2D eigenvalue weighted by molar-refractivity contribution is 5.95. The predicted octanol–water partition coefficient (Wildman–Crippen LogP) is 3.43. The van der Waals surface area contributed by atoms with Gasteiger partial charge in [-0.2, -0.15) is 5.10 Å². The van der Waals surface area contributed by atoms with Crippen LogP contribution in [0.5, 0.6) is 0 Å². The molecule has 25 heavy (non-hydrogen) atoms. The summed E-state index contributed by atoms with van der Waals surface area (Å²) in [6, 6.07) is 14.5. The zero-order valence-electron chi connectivity index (χ0n) is 14.4. The number of aromatic nitrogens is 2. The SMILES string of the molecule is O=C1CC(Cc2ccc(NC3CCCC3)nn2)CN1c1ccccc1. The molecule has 1 aromatic heterocycles. The summed E-state index contributed by atoms with van der Waals surface area (Å²) in [6.45, 7) is 0.757. The molecule has 1 saturated heterocycles. The van der Waals surface area contributed by atoms with Gasteiger partial charge in [0, 0.05) is 24.7 Å². The number of carbonyl (C=O) groups excluding carboxylic acids is 1. The van der Waals surface area contributed by atoms with Gasteiger partial charge in [-0.1, -0.05) is 31.0 Å². The molecule has 1 aromatic carbocycles. The van der Waals surface area contributed by atoms with E-state index < -0.39 is 0 Å². The number of carbonyl (C=O) groups is 1. The maximum absolute atomic E-state index is 12.3. The van der Waals surface area contributed by atoms with Gasteiger partial charge in [0.25, 0.3) is 0 Å². The number of para-hydroxylation sites is 1. The normalized spacial score (nSPS) is 21.0. The minimum atomic E-state index is 0.198. The van der Waals surface area contributed by atoms with Crippen LogP contribution in [0.25, 0.3) is 0 Å². The van der Waals surface area contributed by atoms with Gasteiger partial charge in [0.05, 0.1) is 5.69 Å². The van der Waals surface area contributed by atoms with Gasteiger partial charge < -0.3 is 10.2 Å². The molecule has 1 unspecified atom stereocenters. The van der Waals surface area contributed by atoms with Crippen molar-refractivity contribution in [3.63, 3.8) is 0 Å². The lowest BCUT2D eigenvalue weighted by Crippen LogP contribution is -2.24. The lowest BCUT2D eigenvalue weighted by molar-refractivity contribution is -0.117. The van der Waals surface area contributed by atoms with Gasteiger partial charge in [0.1, 0.15) is 5.82 Å². The van der Waals surface area contributed by atoms with E-state index in [-0.39, 0.29) is 5.91 Å². The lowest BCUT2D eigenvalue weighted by Gasteiger charge is -2.16. The zero-order chi connectivity index (χ0) is 17.1. The molecule has 5 nitrogen and oxygen atoms in total. The highest BCUT2D eigenvalue weighted by Gasteiger charge is 2.30. The number of hydrogen-bond acceptors (Lipinski definition) is 4. The third-order valence-electron chi connectivity index (χ3n) is 5.20. The molecule has 5 heteroatoms. The highest BCUT2D eigenvalue weighted by atomic mass is 16.2. The quantitative estimate of drug-likeness (QED) is 0.909. The van der Waals surface area contributed by atoms with Gasteiger partial charge >= 0.3 is 0 Å². The fourth-order valence-electron chi connectivity index (χ4n) is 3.90. The second-order valence-corrected chi connectivity index (χ2v) is 7.15. The minimum Gasteiger partial charge on any atom is -0.366 e. The molecule has 0 spiro atoms. The first kappa shape index (κ1) is 16.1. The molecule has 1 N–H and O–H groups in total. The number of rotatable bonds is 5. The van der Waals surface area contributed by atoms with E-state index >= 15 is 0 Å². The van der Waals surface area contributed by atoms with Crippen LogP contribution < -0.4 is 10.2 Å². The molecular weight excluding hydrogens is 312 g/mol. The largest absolute Gasteiger partial charge is 0.366 e. The van der Waals surface area contributed by atoms with Crippen molar-refractivity contribution in [3.05, 3.63) is 48.2 Å². The summed E-state index contributed by atoms with van der Waals surface area (Å²) in [7, 11) is 0. The number of hydrogen-bond donors (Lipinski definition) is 1. The van der Waals surface area contributed by atoms with E-state index in [1.807, 2.05) is 47.4 Å². The fraction of sp³-hybridized carbons (Fsp3) is 0.450. The van der Waals surface area contributed by atoms with Crippen molar-refractivity contribution in [2.75, 3.05) is 16.8 Å². The third-order valence-corrected chi connectivity index (χ3v) is 5.20. The van der Waals surface area contributed by atoms with Crippen LogP contribution in [0.4, 0.5) is 11.5 Å². The van der Waals surface area contributed by atoms with Crippen LogP contribution in [-0.4, -0.2) is 28.7 Å². The van der Waals surface area contributed by atoms with E-state index in [1.165, 1.54) is 25.7 Å². The molecule has 1 saturated carbocycles. The first-order chi connectivity index (χ1) is 12.3. The van der Waals surface area contributed by atoms with Crippen LogP contribution in [0.15, 0.2) is 42.5 Å². The van der Waals surface area contributed by atoms with Crippen molar-refractivity contribution in [2.45, 2.75) is 44.6 Å². The van der Waals surface area contributed by atoms with Crippen molar-refractivity contribution >= 4 is 17.4 Å². The minimum absolute atomic E-state index is 0.198. The Morgan fingerprint density at radius 3 is 2.56 bits per heavy atom. The maximum Gasteiger partial charge on any atom is 0.227 e. The van der Waals surface area contributed by atoms with E-state index in [2.05, 4.69) is 15.5 Å². The van der Waals surface area contributed by atoms with Crippen molar-refractivity contribution < 1.29 is 4.79 Å². The molecule has 2 fully saturated rings. The molecule has 1 amide bonds. The van der Waals surface area contributed by atoms with Gasteiger partial charge in [0.15, 0.2) is 0 Å². The van der Waals surface area contributed by atoms with Gasteiger partial charge in [-0.3, -0.25) is 4.79 Å². The molecule has 2 aromatic rings. The summed E-state index contributed by atoms with van der Waals surface area (Å²) in [5.74, 6) is 1.36. The number of nitrogens with zero attached hydrogens (tertiary/aromatic N) is 3. The molecule has 130 valence electrons. The first-order valence-corrected chi connectivity index (χ1v) is 9.22. The molecule has 1 aliphatic heterocycles. The molecule has 2 aliphatic rings. The Hall–Kier alpha value is -2.43. The average Bonchev–Trinajstić information content (AvgIpc) is 3.27. The molecule has 2 heterocycles. The number of anilines is 2. The highest BCUT2D eigenvalue weighted by Crippen LogP contribution is 2.27. The molecule has 1 aliphatic carbocycles. The Kier molecular flexibility index (Phi) is 4.63. The standard InChI is InChI=1S/C20H24N4O/c25-20-13-15(14-24(20)18-8-2-1-3-9-18)12-17-10-11-19(23-22-17)21-16-6-4-5-7-16/h1-3,8-11,15-16H,4-7,12-14H2,(H,21,23). The van der Waals surface area contributed by atoms with Crippen molar-refractivity contribution in [3.8, 4) is 0 Å². The Bertz CT molecular complexity index is 710. The van der Waals surface area contributed by atoms with Gasteiger partial charge in [0.2, 0.25) is 5.91 Å². The summed E-state index contributed by atoms with van der Waals surface area (Å²) >= 11 is 0. The topological polar surface area (TPSA) is 58.1 Å². The van der Waals surface area contributed by atoms with E-state index in [0.29, 0.717) is 18.4 Å². The molecule has 0 radical (unpaired) electrons. The smallest absolute Gasteiger partial charge is 0.227 e. The summed E-state index contributed by atoms with van der Waals surface area (Å²) in [6.07, 6.45) is 6.43. The zero-order valence-corrected chi connectivity index (χ0v) is 14.4. The molecular formula is C20H24N4O. The Labute approximate surface area is 148 Å². The van der Waals surface area contributed by atoms with Crippen molar-refractivity contribution in [1.29, 1.82) is 0 Å². The summed E-state index contributed by atoms with van der Waals surface area (Å²) in [4.78, 5) is 14.2. The Morgan fingerprint density at radius 2 is 1.84 bits per heavy atom. The van der Waals surface area contributed by atoms with E-state index in [1.54, 1.807) is 0 Å².